The summed E-state index contributed by atoms with van der Waals surface area (Å²) in [4.78, 5) is 34.4. The Bertz CT molecular complexity index is 1120. The molecular weight excluding hydrogens is 388 g/mol. The van der Waals surface area contributed by atoms with Crippen molar-refractivity contribution in [1.82, 2.24) is 9.97 Å². The minimum Gasteiger partial charge on any atom is -0.316 e. The van der Waals surface area contributed by atoms with Crippen LogP contribution in [0, 0.1) is 18.3 Å². The Balaban J connectivity index is 1.47. The van der Waals surface area contributed by atoms with E-state index in [9.17, 15) is 14.9 Å². The summed E-state index contributed by atoms with van der Waals surface area (Å²) < 4.78 is 0. The first kappa shape index (κ1) is 17.3. The average Bonchev–Trinajstić information content (AvgIpc) is 3.26. The van der Waals surface area contributed by atoms with Crippen molar-refractivity contribution in [2.75, 3.05) is 11.1 Å². The third-order valence-corrected chi connectivity index (χ3v) is 7.15. The van der Waals surface area contributed by atoms with Crippen LogP contribution in [0.5, 0.6) is 0 Å². The quantitative estimate of drug-likeness (QED) is 0.514. The number of nitrogens with zero attached hydrogens (tertiary/aromatic N) is 2. The van der Waals surface area contributed by atoms with E-state index in [4.69, 9.17) is 0 Å². The van der Waals surface area contributed by atoms with Gasteiger partial charge in [0.2, 0.25) is 5.91 Å². The van der Waals surface area contributed by atoms with E-state index >= 15 is 0 Å². The SMILES string of the molecule is Cc1cc2c(=O)[nH]c(SCC(=O)Nc3sc4c(c3C#N)CCC4)nc2s1. The summed E-state index contributed by atoms with van der Waals surface area (Å²) in [6.07, 6.45) is 2.96. The van der Waals surface area contributed by atoms with Crippen molar-refractivity contribution in [3.05, 3.63) is 37.3 Å². The van der Waals surface area contributed by atoms with E-state index in [1.165, 1.54) is 39.3 Å². The maximum atomic E-state index is 12.3. The Morgan fingerprint density at radius 1 is 1.46 bits per heavy atom. The maximum Gasteiger partial charge on any atom is 0.260 e. The van der Waals surface area contributed by atoms with E-state index in [-0.39, 0.29) is 17.2 Å². The number of hydrogen-bond donors (Lipinski definition) is 2. The van der Waals surface area contributed by atoms with Gasteiger partial charge in [0.15, 0.2) is 5.16 Å². The molecule has 0 aliphatic heterocycles. The van der Waals surface area contributed by atoms with Crippen molar-refractivity contribution in [3.8, 4) is 6.07 Å². The minimum atomic E-state index is -0.212. The van der Waals surface area contributed by atoms with Gasteiger partial charge < -0.3 is 10.3 Å². The molecule has 3 aromatic heterocycles. The van der Waals surface area contributed by atoms with Gasteiger partial charge in [-0.05, 0) is 37.8 Å². The normalized spacial score (nSPS) is 12.9. The van der Waals surface area contributed by atoms with Crippen LogP contribution < -0.4 is 10.9 Å². The average molecular weight is 403 g/mol. The summed E-state index contributed by atoms with van der Waals surface area (Å²) >= 11 is 4.13. The smallest absolute Gasteiger partial charge is 0.260 e. The first-order chi connectivity index (χ1) is 12.5. The van der Waals surface area contributed by atoms with Crippen LogP contribution in [0.3, 0.4) is 0 Å². The molecule has 0 bridgehead atoms. The molecule has 4 rings (SSSR count). The fourth-order valence-corrected chi connectivity index (χ4v) is 5.86. The van der Waals surface area contributed by atoms with Crippen LogP contribution in [0.15, 0.2) is 16.0 Å². The maximum absolute atomic E-state index is 12.3. The molecule has 9 heteroatoms. The van der Waals surface area contributed by atoms with E-state index in [2.05, 4.69) is 21.4 Å². The number of hydrogen-bond acceptors (Lipinski definition) is 7. The zero-order valence-electron chi connectivity index (χ0n) is 13.8. The highest BCUT2D eigenvalue weighted by Crippen LogP contribution is 2.38. The predicted molar refractivity (Wildman–Crippen MR) is 105 cm³/mol. The summed E-state index contributed by atoms with van der Waals surface area (Å²) in [6.45, 7) is 1.93. The number of carbonyl (C=O) groups is 1. The number of thioether (sulfide) groups is 1. The van der Waals surface area contributed by atoms with Gasteiger partial charge in [0.05, 0.1) is 16.7 Å². The van der Waals surface area contributed by atoms with Crippen LogP contribution in [0.2, 0.25) is 0 Å². The Morgan fingerprint density at radius 2 is 2.31 bits per heavy atom. The molecule has 132 valence electrons. The topological polar surface area (TPSA) is 98.6 Å². The zero-order valence-corrected chi connectivity index (χ0v) is 16.3. The van der Waals surface area contributed by atoms with Crippen LogP contribution in [0.4, 0.5) is 5.00 Å². The van der Waals surface area contributed by atoms with E-state index in [1.54, 1.807) is 0 Å². The molecule has 0 radical (unpaired) electrons. The van der Waals surface area contributed by atoms with Crippen LogP contribution in [0.1, 0.15) is 27.3 Å². The number of amides is 1. The summed E-state index contributed by atoms with van der Waals surface area (Å²) in [7, 11) is 0. The molecule has 1 aliphatic carbocycles. The first-order valence-corrected chi connectivity index (χ1v) is 10.6. The molecule has 0 unspecified atom stereocenters. The highest BCUT2D eigenvalue weighted by molar-refractivity contribution is 7.99. The van der Waals surface area contributed by atoms with Gasteiger partial charge in [-0.15, -0.1) is 22.7 Å². The van der Waals surface area contributed by atoms with Gasteiger partial charge in [0.25, 0.3) is 5.56 Å². The molecule has 3 heterocycles. The third kappa shape index (κ3) is 3.16. The lowest BCUT2D eigenvalue weighted by Gasteiger charge is -2.04. The van der Waals surface area contributed by atoms with Gasteiger partial charge in [-0.2, -0.15) is 5.26 Å². The minimum absolute atomic E-state index is 0.117. The number of aryl methyl sites for hydroxylation is 2. The number of anilines is 1. The highest BCUT2D eigenvalue weighted by atomic mass is 32.2. The molecule has 0 saturated heterocycles. The van der Waals surface area contributed by atoms with Gasteiger partial charge in [0.1, 0.15) is 15.9 Å². The molecule has 0 aromatic carbocycles. The van der Waals surface area contributed by atoms with Gasteiger partial charge in [0, 0.05) is 9.75 Å². The molecule has 0 saturated carbocycles. The summed E-state index contributed by atoms with van der Waals surface area (Å²) in [6, 6.07) is 4.03. The standard InChI is InChI=1S/C17H14N4O2S3/c1-8-5-10-14(23)20-17(21-15(10)25-8)24-7-13(22)19-16-11(6-18)9-3-2-4-12(9)26-16/h5H,2-4,7H2,1H3,(H,19,22)(H,20,21,23). The lowest BCUT2D eigenvalue weighted by Crippen LogP contribution is -2.15. The number of aromatic nitrogens is 2. The second-order valence-electron chi connectivity index (χ2n) is 5.96. The Kier molecular flexibility index (Phi) is 4.56. The van der Waals surface area contributed by atoms with Crippen LogP contribution in [0.25, 0.3) is 10.2 Å². The number of rotatable bonds is 4. The fourth-order valence-electron chi connectivity index (χ4n) is 3.01. The Hall–Kier alpha value is -2.15. The van der Waals surface area contributed by atoms with Crippen LogP contribution in [-0.2, 0) is 17.6 Å². The monoisotopic (exact) mass is 402 g/mol. The lowest BCUT2D eigenvalue weighted by molar-refractivity contribution is -0.113. The van der Waals surface area contributed by atoms with E-state index in [1.807, 2.05) is 13.0 Å². The second-order valence-corrected chi connectivity index (χ2v) is 9.26. The van der Waals surface area contributed by atoms with Crippen molar-refractivity contribution < 1.29 is 4.79 Å². The lowest BCUT2D eigenvalue weighted by atomic mass is 10.1. The van der Waals surface area contributed by atoms with E-state index in [0.29, 0.717) is 25.9 Å². The first-order valence-electron chi connectivity index (χ1n) is 8.03. The summed E-state index contributed by atoms with van der Waals surface area (Å²) in [5.41, 5.74) is 1.50. The molecule has 0 atom stereocenters. The number of thiophene rings is 2. The number of aromatic amines is 1. The van der Waals surface area contributed by atoms with E-state index in [0.717, 1.165) is 29.7 Å². The summed E-state index contributed by atoms with van der Waals surface area (Å²) in [5.74, 6) is -0.0942. The molecule has 26 heavy (non-hydrogen) atoms. The molecular formula is C17H14N4O2S3. The Morgan fingerprint density at radius 3 is 3.12 bits per heavy atom. The highest BCUT2D eigenvalue weighted by Gasteiger charge is 2.23. The molecule has 0 fully saturated rings. The number of nitriles is 1. The fraction of sp³-hybridized carbons (Fsp3) is 0.294. The molecule has 2 N–H and O–H groups in total. The number of fused-ring (bicyclic) bond motifs is 2. The second kappa shape index (κ2) is 6.87. The number of nitrogens with one attached hydrogen (secondary N) is 2. The van der Waals surface area contributed by atoms with Crippen molar-refractivity contribution in [1.29, 1.82) is 5.26 Å². The van der Waals surface area contributed by atoms with Crippen molar-refractivity contribution in [2.45, 2.75) is 31.3 Å². The Labute approximate surface area is 161 Å². The molecule has 1 aliphatic rings. The van der Waals surface area contributed by atoms with Crippen LogP contribution in [-0.4, -0.2) is 21.6 Å². The van der Waals surface area contributed by atoms with Crippen LogP contribution >= 0.6 is 34.4 Å². The summed E-state index contributed by atoms with van der Waals surface area (Å²) in [5, 5.41) is 13.8. The van der Waals surface area contributed by atoms with Crippen molar-refractivity contribution in [3.63, 3.8) is 0 Å². The predicted octanol–water partition coefficient (Wildman–Crippen LogP) is 3.45. The van der Waals surface area contributed by atoms with Gasteiger partial charge in [-0.3, -0.25) is 9.59 Å². The third-order valence-electron chi connectivity index (χ3n) is 4.13. The molecule has 6 nitrogen and oxygen atoms in total. The van der Waals surface area contributed by atoms with E-state index < -0.39 is 0 Å². The van der Waals surface area contributed by atoms with Crippen molar-refractivity contribution in [2.24, 2.45) is 0 Å². The van der Waals surface area contributed by atoms with Gasteiger partial charge >= 0.3 is 0 Å². The molecule has 0 spiro atoms. The molecule has 3 aromatic rings. The number of carbonyl (C=O) groups excluding carboxylic acids is 1. The molecule has 1 amide bonds. The zero-order chi connectivity index (χ0) is 18.3. The van der Waals surface area contributed by atoms with Gasteiger partial charge in [-0.1, -0.05) is 11.8 Å². The van der Waals surface area contributed by atoms with Crippen molar-refractivity contribution >= 4 is 55.6 Å². The largest absolute Gasteiger partial charge is 0.316 e. The number of H-pyrrole nitrogens is 1. The van der Waals surface area contributed by atoms with Gasteiger partial charge in [-0.25, -0.2) is 4.98 Å².